The summed E-state index contributed by atoms with van der Waals surface area (Å²) < 4.78 is 0. The maximum atomic E-state index is 12.1. The van der Waals surface area contributed by atoms with Crippen LogP contribution in [0.1, 0.15) is 24.0 Å². The molecule has 130 valence electrons. The molecule has 1 aromatic rings. The van der Waals surface area contributed by atoms with Gasteiger partial charge < -0.3 is 15.5 Å². The van der Waals surface area contributed by atoms with Crippen LogP contribution in [0.2, 0.25) is 0 Å². The molecule has 7 heteroatoms. The number of rotatable bonds is 6. The summed E-state index contributed by atoms with van der Waals surface area (Å²) in [4.78, 5) is 36.1. The molecule has 0 radical (unpaired) electrons. The minimum absolute atomic E-state index is 0.0538. The molecule has 0 saturated heterocycles. The maximum Gasteiger partial charge on any atom is 0.321 e. The average Bonchev–Trinajstić information content (AvgIpc) is 3.26. The Morgan fingerprint density at radius 2 is 1.67 bits per heavy atom. The van der Waals surface area contributed by atoms with Gasteiger partial charge in [0.1, 0.15) is 0 Å². The molecule has 1 fully saturated rings. The molecule has 24 heavy (non-hydrogen) atoms. The second-order valence-corrected chi connectivity index (χ2v) is 6.42. The number of benzene rings is 1. The van der Waals surface area contributed by atoms with Gasteiger partial charge in [-0.3, -0.25) is 14.9 Å². The third kappa shape index (κ3) is 5.66. The second kappa shape index (κ2) is 7.92. The first kappa shape index (κ1) is 17.9. The molecule has 0 bridgehead atoms. The van der Waals surface area contributed by atoms with E-state index in [1.807, 2.05) is 32.0 Å². The van der Waals surface area contributed by atoms with Gasteiger partial charge in [-0.15, -0.1) is 0 Å². The van der Waals surface area contributed by atoms with E-state index in [0.29, 0.717) is 4.90 Å². The van der Waals surface area contributed by atoms with Gasteiger partial charge in [0.2, 0.25) is 0 Å². The number of nitrogens with one attached hydrogen (secondary N) is 4. The highest BCUT2D eigenvalue weighted by Gasteiger charge is 2.24. The molecule has 1 saturated carbocycles. The average molecular weight is 333 g/mol. The largest absolute Gasteiger partial charge is 0.335 e. The van der Waals surface area contributed by atoms with E-state index in [1.165, 1.54) is 0 Å². The number of urea groups is 1. The summed E-state index contributed by atoms with van der Waals surface area (Å²) in [6.45, 7) is 4.07. The first-order chi connectivity index (χ1) is 11.3. The topological polar surface area (TPSA) is 91.7 Å². The molecular formula is C17H25N4O3+. The Morgan fingerprint density at radius 3 is 2.25 bits per heavy atom. The van der Waals surface area contributed by atoms with Crippen molar-refractivity contribution in [2.24, 2.45) is 0 Å². The monoisotopic (exact) mass is 333 g/mol. The maximum absolute atomic E-state index is 12.1. The van der Waals surface area contributed by atoms with Crippen molar-refractivity contribution in [3.05, 3.63) is 29.3 Å². The molecular weight excluding hydrogens is 308 g/mol. The Kier molecular flexibility index (Phi) is 5.92. The van der Waals surface area contributed by atoms with E-state index in [2.05, 4.69) is 16.0 Å². The van der Waals surface area contributed by atoms with Crippen LogP contribution < -0.4 is 20.9 Å². The first-order valence-electron chi connectivity index (χ1n) is 8.13. The molecule has 0 spiro atoms. The van der Waals surface area contributed by atoms with Crippen LogP contribution >= 0.6 is 0 Å². The summed E-state index contributed by atoms with van der Waals surface area (Å²) in [5.74, 6) is -0.564. The minimum atomic E-state index is -0.463. The van der Waals surface area contributed by atoms with Crippen LogP contribution in [0.5, 0.6) is 0 Å². The van der Waals surface area contributed by atoms with E-state index in [9.17, 15) is 14.4 Å². The quantitative estimate of drug-likeness (QED) is 0.578. The van der Waals surface area contributed by atoms with Crippen molar-refractivity contribution in [1.29, 1.82) is 0 Å². The number of carbonyl (C=O) groups is 3. The summed E-state index contributed by atoms with van der Waals surface area (Å²) in [7, 11) is 1.74. The normalized spacial score (nSPS) is 14.6. The van der Waals surface area contributed by atoms with Crippen LogP contribution in [0.15, 0.2) is 18.2 Å². The summed E-state index contributed by atoms with van der Waals surface area (Å²) in [5.41, 5.74) is 2.80. The number of anilines is 1. The molecule has 0 aromatic heterocycles. The SMILES string of the molecule is Cc1cccc(C)c1NC(=O)C[NH+](C)CC(=O)NC(=O)NC1CC1. The number of quaternary nitrogens is 1. The lowest BCUT2D eigenvalue weighted by Gasteiger charge is -2.15. The number of imide groups is 1. The Hall–Kier alpha value is -2.41. The molecule has 7 nitrogen and oxygen atoms in total. The molecule has 1 aromatic carbocycles. The highest BCUT2D eigenvalue weighted by atomic mass is 16.2. The van der Waals surface area contributed by atoms with Crippen LogP contribution in [-0.2, 0) is 9.59 Å². The predicted octanol–water partition coefficient (Wildman–Crippen LogP) is -0.255. The van der Waals surface area contributed by atoms with E-state index < -0.39 is 11.9 Å². The molecule has 1 aliphatic carbocycles. The number of carbonyl (C=O) groups excluding carboxylic acids is 3. The lowest BCUT2D eigenvalue weighted by molar-refractivity contribution is -0.862. The zero-order chi connectivity index (χ0) is 17.7. The molecule has 0 heterocycles. The summed E-state index contributed by atoms with van der Waals surface area (Å²) in [6, 6.07) is 5.55. The number of hydrogen-bond acceptors (Lipinski definition) is 3. The van der Waals surface area contributed by atoms with Gasteiger partial charge >= 0.3 is 6.03 Å². The molecule has 1 unspecified atom stereocenters. The van der Waals surface area contributed by atoms with Crippen LogP contribution in [-0.4, -0.2) is 44.0 Å². The first-order valence-corrected chi connectivity index (χ1v) is 8.13. The van der Waals surface area contributed by atoms with E-state index >= 15 is 0 Å². The fourth-order valence-corrected chi connectivity index (χ4v) is 2.43. The molecule has 2 rings (SSSR count). The number of amides is 4. The Labute approximate surface area is 141 Å². The zero-order valence-electron chi connectivity index (χ0n) is 14.4. The highest BCUT2D eigenvalue weighted by Crippen LogP contribution is 2.19. The highest BCUT2D eigenvalue weighted by molar-refractivity contribution is 5.95. The molecule has 0 aliphatic heterocycles. The third-order valence-corrected chi connectivity index (χ3v) is 3.84. The Bertz CT molecular complexity index is 620. The fraction of sp³-hybridized carbons (Fsp3) is 0.471. The van der Waals surface area contributed by atoms with E-state index in [4.69, 9.17) is 0 Å². The minimum Gasteiger partial charge on any atom is -0.335 e. The Morgan fingerprint density at radius 1 is 1.08 bits per heavy atom. The number of para-hydroxylation sites is 1. The molecule has 1 atom stereocenters. The van der Waals surface area contributed by atoms with Crippen LogP contribution in [0.25, 0.3) is 0 Å². The van der Waals surface area contributed by atoms with Gasteiger partial charge in [-0.25, -0.2) is 4.79 Å². The smallest absolute Gasteiger partial charge is 0.321 e. The molecule has 1 aliphatic rings. The van der Waals surface area contributed by atoms with E-state index in [0.717, 1.165) is 29.7 Å². The van der Waals surface area contributed by atoms with Crippen molar-refractivity contribution in [3.8, 4) is 0 Å². The van der Waals surface area contributed by atoms with Crippen molar-refractivity contribution >= 4 is 23.5 Å². The summed E-state index contributed by atoms with van der Waals surface area (Å²) >= 11 is 0. The standard InChI is InChI=1S/C17H24N4O3/c1-11-5-4-6-12(2)16(11)19-14(22)9-21(3)10-15(23)20-17(24)18-13-7-8-13/h4-6,13H,7-10H2,1-3H3,(H,19,22)(H2,18,20,23,24)/p+1. The number of aryl methyl sites for hydroxylation is 2. The van der Waals surface area contributed by atoms with Gasteiger partial charge in [-0.2, -0.15) is 0 Å². The number of hydrogen-bond donors (Lipinski definition) is 4. The fourth-order valence-electron chi connectivity index (χ4n) is 2.43. The van der Waals surface area contributed by atoms with Crippen LogP contribution in [0, 0.1) is 13.8 Å². The number of likely N-dealkylation sites (N-methyl/N-ethyl adjacent to an activating group) is 1. The van der Waals surface area contributed by atoms with Gasteiger partial charge in [0.15, 0.2) is 13.1 Å². The Balaban J connectivity index is 1.76. The van der Waals surface area contributed by atoms with Crippen LogP contribution in [0.4, 0.5) is 10.5 Å². The summed E-state index contributed by atoms with van der Waals surface area (Å²) in [6.07, 6.45) is 1.93. The second-order valence-electron chi connectivity index (χ2n) is 6.42. The van der Waals surface area contributed by atoms with Gasteiger partial charge in [0.05, 0.1) is 7.05 Å². The van der Waals surface area contributed by atoms with Gasteiger partial charge in [-0.1, -0.05) is 18.2 Å². The van der Waals surface area contributed by atoms with Crippen molar-refractivity contribution in [1.82, 2.24) is 10.6 Å². The van der Waals surface area contributed by atoms with Crippen molar-refractivity contribution in [2.75, 3.05) is 25.5 Å². The van der Waals surface area contributed by atoms with Crippen molar-refractivity contribution in [3.63, 3.8) is 0 Å². The zero-order valence-corrected chi connectivity index (χ0v) is 14.4. The van der Waals surface area contributed by atoms with Crippen LogP contribution in [0.3, 0.4) is 0 Å². The van der Waals surface area contributed by atoms with E-state index in [-0.39, 0.29) is 25.0 Å². The summed E-state index contributed by atoms with van der Waals surface area (Å²) in [5, 5.41) is 7.85. The third-order valence-electron chi connectivity index (χ3n) is 3.84. The molecule has 4 N–H and O–H groups in total. The van der Waals surface area contributed by atoms with E-state index in [1.54, 1.807) is 7.05 Å². The van der Waals surface area contributed by atoms with Crippen molar-refractivity contribution < 1.29 is 19.3 Å². The predicted molar refractivity (Wildman–Crippen MR) is 90.9 cm³/mol. The lowest BCUT2D eigenvalue weighted by Crippen LogP contribution is -3.11. The van der Waals surface area contributed by atoms with Gasteiger partial charge in [0, 0.05) is 11.7 Å². The molecule has 4 amide bonds. The lowest BCUT2D eigenvalue weighted by atomic mass is 10.1. The van der Waals surface area contributed by atoms with Gasteiger partial charge in [0.25, 0.3) is 11.8 Å². The van der Waals surface area contributed by atoms with Crippen molar-refractivity contribution in [2.45, 2.75) is 32.7 Å². The van der Waals surface area contributed by atoms with Gasteiger partial charge in [-0.05, 0) is 37.8 Å².